The molecule has 32 heavy (non-hydrogen) atoms. The van der Waals surface area contributed by atoms with Gasteiger partial charge >= 0.3 is 6.09 Å². The van der Waals surface area contributed by atoms with Crippen LogP contribution in [0.2, 0.25) is 0 Å². The van der Waals surface area contributed by atoms with Crippen LogP contribution < -0.4 is 0 Å². The van der Waals surface area contributed by atoms with Crippen molar-refractivity contribution in [2.75, 3.05) is 6.54 Å². The monoisotopic (exact) mass is 438 g/mol. The van der Waals surface area contributed by atoms with Gasteiger partial charge in [-0.15, -0.1) is 0 Å². The molecule has 0 saturated carbocycles. The van der Waals surface area contributed by atoms with Crippen molar-refractivity contribution in [1.82, 2.24) is 19.6 Å². The normalized spacial score (nSPS) is 16.3. The molecule has 1 fully saturated rings. The van der Waals surface area contributed by atoms with Gasteiger partial charge in [-0.3, -0.25) is 4.90 Å². The zero-order valence-electron chi connectivity index (χ0n) is 19.0. The highest BCUT2D eigenvalue weighted by Crippen LogP contribution is 2.34. The molecule has 1 aliphatic heterocycles. The number of nitrogens with zero attached hydrogens (tertiary/aromatic N) is 4. The lowest BCUT2D eigenvalue weighted by Gasteiger charge is -2.17. The predicted molar refractivity (Wildman–Crippen MR) is 125 cm³/mol. The minimum Gasteiger partial charge on any atom is -0.465 e. The van der Waals surface area contributed by atoms with Gasteiger partial charge in [0, 0.05) is 35.8 Å². The summed E-state index contributed by atoms with van der Waals surface area (Å²) in [6.45, 7) is 3.73. The molecule has 1 unspecified atom stereocenters. The first-order valence-electron chi connectivity index (χ1n) is 12.1. The third-order valence-electron chi connectivity index (χ3n) is 6.51. The van der Waals surface area contributed by atoms with Gasteiger partial charge in [-0.2, -0.15) is 4.98 Å². The molecular formula is C25H34N4O3. The number of fused-ring (bicyclic) bond motifs is 1. The van der Waals surface area contributed by atoms with Crippen molar-refractivity contribution in [1.29, 1.82) is 0 Å². The molecule has 3 heterocycles. The maximum Gasteiger partial charge on any atom is 0.407 e. The Bertz CT molecular complexity index is 1030. The molecule has 1 aromatic carbocycles. The second-order valence-electron chi connectivity index (χ2n) is 8.82. The summed E-state index contributed by atoms with van der Waals surface area (Å²) >= 11 is 0. The lowest BCUT2D eigenvalue weighted by molar-refractivity contribution is 0.131. The Balaban J connectivity index is 1.44. The molecule has 1 atom stereocenters. The van der Waals surface area contributed by atoms with Gasteiger partial charge in [0.2, 0.25) is 11.7 Å². The van der Waals surface area contributed by atoms with E-state index in [-0.39, 0.29) is 6.04 Å². The molecule has 0 radical (unpaired) electrons. The molecule has 0 bridgehead atoms. The molecule has 1 N–H and O–H groups in total. The standard InChI is InChI=1S/C25H34N4O3/c1-2-3-4-5-6-7-8-11-16-28-18-20(19-13-9-10-14-21(19)28)23-26-24(32-27-23)22-15-12-17-29(22)25(30)31/h9-10,13-14,18,22H,2-8,11-12,15-17H2,1H3,(H,30,31). The van der Waals surface area contributed by atoms with Crippen molar-refractivity contribution in [3.63, 3.8) is 0 Å². The number of benzene rings is 1. The van der Waals surface area contributed by atoms with E-state index >= 15 is 0 Å². The van der Waals surface area contributed by atoms with Crippen molar-refractivity contribution in [2.45, 2.75) is 83.7 Å². The summed E-state index contributed by atoms with van der Waals surface area (Å²) < 4.78 is 7.81. The van der Waals surface area contributed by atoms with Crippen LogP contribution in [0, 0.1) is 0 Å². The first kappa shape index (κ1) is 22.4. The summed E-state index contributed by atoms with van der Waals surface area (Å²) in [7, 11) is 0. The highest BCUT2D eigenvalue weighted by molar-refractivity contribution is 5.94. The quantitative estimate of drug-likeness (QED) is 0.339. The maximum atomic E-state index is 11.5. The molecule has 1 aliphatic rings. The number of carboxylic acid groups (broad SMARTS) is 1. The number of amides is 1. The number of unbranched alkanes of at least 4 members (excludes halogenated alkanes) is 7. The second-order valence-corrected chi connectivity index (χ2v) is 8.82. The summed E-state index contributed by atoms with van der Waals surface area (Å²) in [6, 6.07) is 7.95. The van der Waals surface area contributed by atoms with Crippen molar-refractivity contribution in [2.24, 2.45) is 0 Å². The van der Waals surface area contributed by atoms with Gasteiger partial charge in [-0.25, -0.2) is 4.79 Å². The Morgan fingerprint density at radius 3 is 2.66 bits per heavy atom. The van der Waals surface area contributed by atoms with Crippen molar-refractivity contribution < 1.29 is 14.4 Å². The van der Waals surface area contributed by atoms with Gasteiger partial charge < -0.3 is 14.2 Å². The Hall–Kier alpha value is -2.83. The minimum absolute atomic E-state index is 0.348. The van der Waals surface area contributed by atoms with E-state index in [0.29, 0.717) is 24.7 Å². The molecular weight excluding hydrogens is 404 g/mol. The molecule has 7 nitrogen and oxygen atoms in total. The summed E-state index contributed by atoms with van der Waals surface area (Å²) in [5, 5.41) is 14.7. The smallest absolute Gasteiger partial charge is 0.407 e. The molecule has 172 valence electrons. The van der Waals surface area contributed by atoms with Crippen LogP contribution in [-0.4, -0.2) is 37.4 Å². The largest absolute Gasteiger partial charge is 0.465 e. The van der Waals surface area contributed by atoms with E-state index < -0.39 is 6.09 Å². The maximum absolute atomic E-state index is 11.5. The van der Waals surface area contributed by atoms with Crippen LogP contribution in [0.1, 0.15) is 83.1 Å². The van der Waals surface area contributed by atoms with Gasteiger partial charge in [0.15, 0.2) is 0 Å². The van der Waals surface area contributed by atoms with E-state index in [1.807, 2.05) is 6.07 Å². The van der Waals surface area contributed by atoms with E-state index in [2.05, 4.69) is 46.0 Å². The first-order valence-corrected chi connectivity index (χ1v) is 12.1. The topological polar surface area (TPSA) is 84.4 Å². The average molecular weight is 439 g/mol. The van der Waals surface area contributed by atoms with Crippen LogP contribution in [0.25, 0.3) is 22.3 Å². The van der Waals surface area contributed by atoms with E-state index in [4.69, 9.17) is 4.52 Å². The van der Waals surface area contributed by atoms with Crippen LogP contribution >= 0.6 is 0 Å². The Kier molecular flexibility index (Phi) is 7.45. The number of hydrogen-bond donors (Lipinski definition) is 1. The Labute approximate surface area is 189 Å². The van der Waals surface area contributed by atoms with E-state index in [1.54, 1.807) is 0 Å². The highest BCUT2D eigenvalue weighted by atomic mass is 16.5. The Morgan fingerprint density at radius 1 is 1.12 bits per heavy atom. The van der Waals surface area contributed by atoms with E-state index in [0.717, 1.165) is 30.3 Å². The fourth-order valence-electron chi connectivity index (χ4n) is 4.76. The van der Waals surface area contributed by atoms with Crippen molar-refractivity contribution in [3.05, 3.63) is 36.4 Å². The number of carbonyl (C=O) groups is 1. The SMILES string of the molecule is CCCCCCCCCCn1cc(-c2noc(C3CCCN3C(=O)O)n2)c2ccccc21. The van der Waals surface area contributed by atoms with Crippen LogP contribution in [0.4, 0.5) is 4.79 Å². The number of aromatic nitrogens is 3. The summed E-state index contributed by atoms with van der Waals surface area (Å²) in [4.78, 5) is 17.5. The van der Waals surface area contributed by atoms with Crippen LogP contribution in [0.3, 0.4) is 0 Å². The molecule has 1 saturated heterocycles. The summed E-state index contributed by atoms with van der Waals surface area (Å²) in [5.41, 5.74) is 2.11. The fraction of sp³-hybridized carbons (Fsp3) is 0.560. The van der Waals surface area contributed by atoms with Crippen molar-refractivity contribution in [3.8, 4) is 11.4 Å². The number of aryl methyl sites for hydroxylation is 1. The van der Waals surface area contributed by atoms with E-state index in [9.17, 15) is 9.90 Å². The summed E-state index contributed by atoms with van der Waals surface area (Å²) in [5.74, 6) is 0.919. The Morgan fingerprint density at radius 2 is 1.88 bits per heavy atom. The molecule has 0 spiro atoms. The third-order valence-corrected chi connectivity index (χ3v) is 6.51. The van der Waals surface area contributed by atoms with Gasteiger partial charge in [0.25, 0.3) is 0 Å². The highest BCUT2D eigenvalue weighted by Gasteiger charge is 2.34. The molecule has 3 aromatic rings. The van der Waals surface area contributed by atoms with E-state index in [1.165, 1.54) is 55.4 Å². The third kappa shape index (κ3) is 4.97. The van der Waals surface area contributed by atoms with Crippen LogP contribution in [0.15, 0.2) is 35.0 Å². The molecule has 7 heteroatoms. The van der Waals surface area contributed by atoms with Gasteiger partial charge in [-0.1, -0.05) is 75.2 Å². The number of para-hydroxylation sites is 1. The molecule has 2 aromatic heterocycles. The lowest BCUT2D eigenvalue weighted by atomic mass is 10.1. The molecule has 4 rings (SSSR count). The zero-order valence-corrected chi connectivity index (χ0v) is 19.0. The second kappa shape index (κ2) is 10.7. The summed E-state index contributed by atoms with van der Waals surface area (Å²) in [6.07, 6.45) is 13.1. The first-order chi connectivity index (χ1) is 15.7. The van der Waals surface area contributed by atoms with Crippen molar-refractivity contribution >= 4 is 17.0 Å². The lowest BCUT2D eigenvalue weighted by Crippen LogP contribution is -2.28. The van der Waals surface area contributed by atoms with Crippen LogP contribution in [0.5, 0.6) is 0 Å². The number of likely N-dealkylation sites (tertiary alicyclic amines) is 1. The molecule has 1 amide bonds. The van der Waals surface area contributed by atoms with Gasteiger partial charge in [0.1, 0.15) is 6.04 Å². The average Bonchev–Trinajstić information content (AvgIpc) is 3.53. The minimum atomic E-state index is -0.936. The molecule has 0 aliphatic carbocycles. The number of hydrogen-bond acceptors (Lipinski definition) is 4. The van der Waals surface area contributed by atoms with Gasteiger partial charge in [-0.05, 0) is 25.3 Å². The zero-order chi connectivity index (χ0) is 22.3. The fourth-order valence-corrected chi connectivity index (χ4v) is 4.76. The predicted octanol–water partition coefficient (Wildman–Crippen LogP) is 6.65. The van der Waals surface area contributed by atoms with Crippen LogP contribution in [-0.2, 0) is 6.54 Å². The van der Waals surface area contributed by atoms with Gasteiger partial charge in [0.05, 0.1) is 0 Å². The number of rotatable bonds is 11.